The number of nitrogens with zero attached hydrogens (tertiary/aromatic N) is 1. The number of benzene rings is 2. The molecule has 2 N–H and O–H groups in total. The second-order valence-electron chi connectivity index (χ2n) is 5.08. The van der Waals surface area contributed by atoms with Gasteiger partial charge in [-0.25, -0.2) is 4.98 Å². The molecule has 6 heteroatoms. The monoisotopic (exact) mass is 419 g/mol. The van der Waals surface area contributed by atoms with Gasteiger partial charge in [0.25, 0.3) is 5.56 Å². The van der Waals surface area contributed by atoms with Crippen molar-refractivity contribution in [3.8, 4) is 0 Å². The first-order valence-electron chi connectivity index (χ1n) is 7.15. The number of nitrogens with one attached hydrogen (secondary N) is 2. The van der Waals surface area contributed by atoms with Crippen LogP contribution in [0.1, 0.15) is 12.1 Å². The number of aryl methyl sites for hydroxylation is 1. The fraction of sp³-hybridized carbons (Fsp3) is 0.118. The number of para-hydroxylation sites is 2. The topological polar surface area (TPSA) is 74.8 Å². The molecular formula is C17H14IN3O2. The average molecular weight is 419 g/mol. The molecule has 1 aromatic heterocycles. The van der Waals surface area contributed by atoms with Gasteiger partial charge in [0.15, 0.2) is 0 Å². The Kier molecular flexibility index (Phi) is 4.71. The molecule has 0 saturated heterocycles. The van der Waals surface area contributed by atoms with Crippen LogP contribution in [-0.2, 0) is 11.2 Å². The molecule has 0 radical (unpaired) electrons. The van der Waals surface area contributed by atoms with Crippen LogP contribution in [-0.4, -0.2) is 15.9 Å². The standard InChI is InChI=1S/C17H14IN3O2/c18-11-5-7-12(8-6-11)19-16(22)10-9-15-17(23)21-14-4-2-1-3-13(14)20-15/h1-8H,9-10H2,(H,19,22)(H,21,23). The van der Waals surface area contributed by atoms with E-state index in [2.05, 4.69) is 37.9 Å². The van der Waals surface area contributed by atoms with Crippen molar-refractivity contribution < 1.29 is 4.79 Å². The minimum absolute atomic E-state index is 0.138. The Morgan fingerprint density at radius 2 is 1.87 bits per heavy atom. The van der Waals surface area contributed by atoms with Crippen molar-refractivity contribution in [2.75, 3.05) is 5.32 Å². The third kappa shape index (κ3) is 3.95. The first kappa shape index (κ1) is 15.7. The number of amides is 1. The van der Waals surface area contributed by atoms with Crippen LogP contribution in [0.15, 0.2) is 53.3 Å². The van der Waals surface area contributed by atoms with E-state index in [1.165, 1.54) is 0 Å². The Labute approximate surface area is 146 Å². The smallest absolute Gasteiger partial charge is 0.270 e. The predicted octanol–water partition coefficient (Wildman–Crippen LogP) is 3.10. The minimum atomic E-state index is -0.245. The van der Waals surface area contributed by atoms with Crippen LogP contribution in [0.5, 0.6) is 0 Å². The average Bonchev–Trinajstić information content (AvgIpc) is 2.55. The molecule has 1 amide bonds. The van der Waals surface area contributed by atoms with Gasteiger partial charge in [-0.05, 0) is 59.0 Å². The summed E-state index contributed by atoms with van der Waals surface area (Å²) >= 11 is 2.21. The van der Waals surface area contributed by atoms with Gasteiger partial charge < -0.3 is 10.3 Å². The number of hydrogen-bond donors (Lipinski definition) is 2. The maximum atomic E-state index is 12.0. The molecule has 0 atom stereocenters. The molecule has 23 heavy (non-hydrogen) atoms. The third-order valence-corrected chi connectivity index (χ3v) is 4.11. The number of fused-ring (bicyclic) bond motifs is 1. The highest BCUT2D eigenvalue weighted by atomic mass is 127. The second kappa shape index (κ2) is 6.91. The van der Waals surface area contributed by atoms with Crippen molar-refractivity contribution in [3.63, 3.8) is 0 Å². The summed E-state index contributed by atoms with van der Waals surface area (Å²) in [6.07, 6.45) is 0.511. The molecular weight excluding hydrogens is 405 g/mol. The molecule has 0 aliphatic carbocycles. The number of carbonyl (C=O) groups is 1. The van der Waals surface area contributed by atoms with Crippen LogP contribution in [0, 0.1) is 3.57 Å². The van der Waals surface area contributed by atoms with Crippen molar-refractivity contribution in [2.45, 2.75) is 12.8 Å². The third-order valence-electron chi connectivity index (χ3n) is 3.39. The Hall–Kier alpha value is -2.22. The van der Waals surface area contributed by atoms with E-state index in [0.29, 0.717) is 17.6 Å². The lowest BCUT2D eigenvalue weighted by atomic mass is 10.2. The van der Waals surface area contributed by atoms with Gasteiger partial charge in [-0.15, -0.1) is 0 Å². The first-order chi connectivity index (χ1) is 11.1. The van der Waals surface area contributed by atoms with Crippen molar-refractivity contribution in [1.82, 2.24) is 9.97 Å². The number of hydrogen-bond acceptors (Lipinski definition) is 3. The van der Waals surface area contributed by atoms with Gasteiger partial charge in [-0.3, -0.25) is 9.59 Å². The summed E-state index contributed by atoms with van der Waals surface area (Å²) in [4.78, 5) is 31.1. The quantitative estimate of drug-likeness (QED) is 0.639. The minimum Gasteiger partial charge on any atom is -0.326 e. The normalized spacial score (nSPS) is 10.7. The van der Waals surface area contributed by atoms with E-state index in [0.717, 1.165) is 14.8 Å². The zero-order chi connectivity index (χ0) is 16.2. The molecule has 0 spiro atoms. The van der Waals surface area contributed by atoms with Crippen LogP contribution in [0.4, 0.5) is 5.69 Å². The number of carbonyl (C=O) groups excluding carboxylic acids is 1. The maximum Gasteiger partial charge on any atom is 0.270 e. The Balaban J connectivity index is 1.68. The summed E-state index contributed by atoms with van der Waals surface area (Å²) in [6.45, 7) is 0. The van der Waals surface area contributed by atoms with Crippen LogP contribution in [0.3, 0.4) is 0 Å². The molecule has 116 valence electrons. The Bertz CT molecular complexity index is 904. The number of anilines is 1. The second-order valence-corrected chi connectivity index (χ2v) is 6.33. The SMILES string of the molecule is O=C(CCc1nc2ccccc2[nH]c1=O)Nc1ccc(I)cc1. The van der Waals surface area contributed by atoms with Crippen LogP contribution in [0.25, 0.3) is 11.0 Å². The summed E-state index contributed by atoms with van der Waals surface area (Å²) in [5.41, 5.74) is 2.30. The molecule has 0 unspecified atom stereocenters. The lowest BCUT2D eigenvalue weighted by Crippen LogP contribution is -2.19. The molecule has 1 heterocycles. The molecule has 0 aliphatic rings. The predicted molar refractivity (Wildman–Crippen MR) is 98.5 cm³/mol. The van der Waals surface area contributed by atoms with E-state index in [9.17, 15) is 9.59 Å². The molecule has 5 nitrogen and oxygen atoms in total. The van der Waals surface area contributed by atoms with Gasteiger partial charge in [-0.1, -0.05) is 12.1 Å². The number of rotatable bonds is 4. The van der Waals surface area contributed by atoms with Crippen LogP contribution < -0.4 is 10.9 Å². The van der Waals surface area contributed by atoms with E-state index >= 15 is 0 Å². The highest BCUT2D eigenvalue weighted by Crippen LogP contribution is 2.12. The number of halogens is 1. The number of aromatic amines is 1. The van der Waals surface area contributed by atoms with E-state index in [4.69, 9.17) is 0 Å². The first-order valence-corrected chi connectivity index (χ1v) is 8.23. The highest BCUT2D eigenvalue weighted by Gasteiger charge is 2.08. The summed E-state index contributed by atoms with van der Waals surface area (Å²) in [5, 5.41) is 2.81. The van der Waals surface area contributed by atoms with Crippen LogP contribution in [0.2, 0.25) is 0 Å². The fourth-order valence-corrected chi connectivity index (χ4v) is 2.59. The molecule has 0 saturated carbocycles. The van der Waals surface area contributed by atoms with E-state index in [-0.39, 0.29) is 17.9 Å². The van der Waals surface area contributed by atoms with Gasteiger partial charge in [0.05, 0.1) is 11.0 Å². The van der Waals surface area contributed by atoms with Gasteiger partial charge in [0.1, 0.15) is 5.69 Å². The van der Waals surface area contributed by atoms with Gasteiger partial charge in [0.2, 0.25) is 5.91 Å². The molecule has 0 aliphatic heterocycles. The molecule has 3 rings (SSSR count). The largest absolute Gasteiger partial charge is 0.326 e. The lowest BCUT2D eigenvalue weighted by molar-refractivity contribution is -0.116. The summed E-state index contributed by atoms with van der Waals surface area (Å²) in [5.74, 6) is -0.138. The fourth-order valence-electron chi connectivity index (χ4n) is 2.23. The van der Waals surface area contributed by atoms with Gasteiger partial charge in [0, 0.05) is 22.1 Å². The van der Waals surface area contributed by atoms with Crippen LogP contribution >= 0.6 is 22.6 Å². The maximum absolute atomic E-state index is 12.0. The van der Waals surface area contributed by atoms with Gasteiger partial charge in [-0.2, -0.15) is 0 Å². The van der Waals surface area contributed by atoms with E-state index in [1.807, 2.05) is 42.5 Å². The highest BCUT2D eigenvalue weighted by molar-refractivity contribution is 14.1. The van der Waals surface area contributed by atoms with Crippen molar-refractivity contribution in [2.24, 2.45) is 0 Å². The molecule has 0 fully saturated rings. The van der Waals surface area contributed by atoms with E-state index < -0.39 is 0 Å². The van der Waals surface area contributed by atoms with Crippen molar-refractivity contribution >= 4 is 45.2 Å². The molecule has 3 aromatic rings. The molecule has 2 aromatic carbocycles. The number of aromatic nitrogens is 2. The van der Waals surface area contributed by atoms with E-state index in [1.54, 1.807) is 6.07 Å². The van der Waals surface area contributed by atoms with Crippen molar-refractivity contribution in [1.29, 1.82) is 0 Å². The molecule has 0 bridgehead atoms. The summed E-state index contributed by atoms with van der Waals surface area (Å²) < 4.78 is 1.10. The summed E-state index contributed by atoms with van der Waals surface area (Å²) in [6, 6.07) is 14.9. The Morgan fingerprint density at radius 1 is 1.13 bits per heavy atom. The number of H-pyrrole nitrogens is 1. The van der Waals surface area contributed by atoms with Gasteiger partial charge >= 0.3 is 0 Å². The zero-order valence-corrected chi connectivity index (χ0v) is 14.3. The van der Waals surface area contributed by atoms with Crippen molar-refractivity contribution in [3.05, 3.63) is 68.1 Å². The zero-order valence-electron chi connectivity index (χ0n) is 12.2. The Morgan fingerprint density at radius 3 is 2.65 bits per heavy atom. The lowest BCUT2D eigenvalue weighted by Gasteiger charge is -2.05. The summed E-state index contributed by atoms with van der Waals surface area (Å²) in [7, 11) is 0.